The molecule has 0 radical (unpaired) electrons. The average Bonchev–Trinajstić information content (AvgIpc) is 2.35. The van der Waals surface area contributed by atoms with Gasteiger partial charge >= 0.3 is 6.18 Å². The topological polar surface area (TPSA) is 59.1 Å². The second kappa shape index (κ2) is 7.12. The van der Waals surface area contributed by atoms with Crippen molar-refractivity contribution in [2.45, 2.75) is 42.3 Å². The number of nitrogens with zero attached hydrogens (tertiary/aromatic N) is 1. The van der Waals surface area contributed by atoms with Gasteiger partial charge in [-0.15, -0.1) is 0 Å². The number of hydrogen-bond acceptors (Lipinski definition) is 4. The van der Waals surface area contributed by atoms with Crippen LogP contribution in [0, 0.1) is 0 Å². The number of aromatic nitrogens is 1. The molecule has 108 valence electrons. The summed E-state index contributed by atoms with van der Waals surface area (Å²) in [5, 5.41) is 9.43. The molecule has 0 fully saturated rings. The second-order valence-corrected chi connectivity index (χ2v) is 5.43. The summed E-state index contributed by atoms with van der Waals surface area (Å²) in [7, 11) is 0. The normalized spacial score (nSPS) is 15.3. The molecule has 1 heterocycles. The van der Waals surface area contributed by atoms with E-state index < -0.39 is 11.7 Å². The minimum Gasteiger partial charge on any atom is -0.395 e. The van der Waals surface area contributed by atoms with E-state index in [4.69, 9.17) is 5.73 Å². The third-order valence-corrected chi connectivity index (χ3v) is 3.90. The van der Waals surface area contributed by atoms with E-state index in [0.717, 1.165) is 25.1 Å². The summed E-state index contributed by atoms with van der Waals surface area (Å²) >= 11 is 1.20. The van der Waals surface area contributed by atoms with Crippen molar-refractivity contribution in [2.75, 3.05) is 6.61 Å². The van der Waals surface area contributed by atoms with Crippen molar-refractivity contribution < 1.29 is 18.3 Å². The van der Waals surface area contributed by atoms with Gasteiger partial charge in [-0.1, -0.05) is 25.1 Å². The number of thioether (sulfide) groups is 1. The molecule has 0 aromatic carbocycles. The molecule has 0 saturated carbocycles. The van der Waals surface area contributed by atoms with Gasteiger partial charge in [-0.05, 0) is 18.6 Å². The number of nitrogens with two attached hydrogens (primary N) is 1. The zero-order valence-electron chi connectivity index (χ0n) is 10.5. The molecule has 0 saturated heterocycles. The molecule has 0 bridgehead atoms. The lowest BCUT2D eigenvalue weighted by Crippen LogP contribution is -2.34. The highest BCUT2D eigenvalue weighted by atomic mass is 32.2. The van der Waals surface area contributed by atoms with E-state index >= 15 is 0 Å². The van der Waals surface area contributed by atoms with Crippen LogP contribution in [0.3, 0.4) is 0 Å². The summed E-state index contributed by atoms with van der Waals surface area (Å²) in [6.07, 6.45) is -1.95. The van der Waals surface area contributed by atoms with Crippen LogP contribution in [0.2, 0.25) is 0 Å². The SMILES string of the molecule is CCCC(N)C(CO)Sc1ccc(C(F)(F)F)cn1. The maximum atomic E-state index is 12.4. The smallest absolute Gasteiger partial charge is 0.395 e. The maximum absolute atomic E-state index is 12.4. The highest BCUT2D eigenvalue weighted by molar-refractivity contribution is 7.99. The van der Waals surface area contributed by atoms with Gasteiger partial charge < -0.3 is 10.8 Å². The van der Waals surface area contributed by atoms with Crippen LogP contribution in [0.5, 0.6) is 0 Å². The third-order valence-electron chi connectivity index (χ3n) is 2.62. The maximum Gasteiger partial charge on any atom is 0.417 e. The van der Waals surface area contributed by atoms with Gasteiger partial charge in [-0.3, -0.25) is 0 Å². The Balaban J connectivity index is 2.71. The largest absolute Gasteiger partial charge is 0.417 e. The van der Waals surface area contributed by atoms with E-state index in [0.29, 0.717) is 5.03 Å². The summed E-state index contributed by atoms with van der Waals surface area (Å²) in [6, 6.07) is 2.08. The molecule has 19 heavy (non-hydrogen) atoms. The second-order valence-electron chi connectivity index (χ2n) is 4.17. The first-order valence-corrected chi connectivity index (χ1v) is 6.82. The Bertz CT molecular complexity index is 384. The molecule has 3 N–H and O–H groups in total. The van der Waals surface area contributed by atoms with Gasteiger partial charge in [0.2, 0.25) is 0 Å². The zero-order chi connectivity index (χ0) is 14.5. The van der Waals surface area contributed by atoms with E-state index in [1.54, 1.807) is 0 Å². The van der Waals surface area contributed by atoms with E-state index in [-0.39, 0.29) is 17.9 Å². The van der Waals surface area contributed by atoms with Gasteiger partial charge in [-0.25, -0.2) is 4.98 Å². The van der Waals surface area contributed by atoms with Crippen LogP contribution < -0.4 is 5.73 Å². The Morgan fingerprint density at radius 3 is 2.53 bits per heavy atom. The van der Waals surface area contributed by atoms with E-state index in [9.17, 15) is 18.3 Å². The Labute approximate surface area is 114 Å². The average molecular weight is 294 g/mol. The van der Waals surface area contributed by atoms with Crippen molar-refractivity contribution >= 4 is 11.8 Å². The van der Waals surface area contributed by atoms with Crippen molar-refractivity contribution in [1.29, 1.82) is 0 Å². The van der Waals surface area contributed by atoms with Gasteiger partial charge in [0.05, 0.1) is 17.2 Å². The standard InChI is InChI=1S/C12H17F3N2OS/c1-2-3-9(16)10(7-18)19-11-5-4-8(6-17-11)12(13,14)15/h4-6,9-10,18H,2-3,7,16H2,1H3. The van der Waals surface area contributed by atoms with Crippen LogP contribution in [0.25, 0.3) is 0 Å². The predicted octanol–water partition coefficient (Wildman–Crippen LogP) is 2.68. The zero-order valence-corrected chi connectivity index (χ0v) is 11.3. The molecule has 0 aliphatic carbocycles. The van der Waals surface area contributed by atoms with Crippen LogP contribution in [0.15, 0.2) is 23.4 Å². The van der Waals surface area contributed by atoms with Crippen molar-refractivity contribution in [2.24, 2.45) is 5.73 Å². The summed E-state index contributed by atoms with van der Waals surface area (Å²) in [5.74, 6) is 0. The summed E-state index contributed by atoms with van der Waals surface area (Å²) in [6.45, 7) is 1.85. The molecule has 1 rings (SSSR count). The summed E-state index contributed by atoms with van der Waals surface area (Å²) in [5.41, 5.74) is 5.12. The number of halogens is 3. The molecule has 3 nitrogen and oxygen atoms in total. The molecule has 1 aromatic rings. The Hall–Kier alpha value is -0.790. The molecule has 2 atom stereocenters. The van der Waals surface area contributed by atoms with Gasteiger partial charge in [0.15, 0.2) is 0 Å². The molecule has 0 spiro atoms. The van der Waals surface area contributed by atoms with Crippen LogP contribution in [-0.4, -0.2) is 28.0 Å². The van der Waals surface area contributed by atoms with Crippen LogP contribution in [-0.2, 0) is 6.18 Å². The number of hydrogen-bond donors (Lipinski definition) is 2. The fourth-order valence-electron chi connectivity index (χ4n) is 1.55. The van der Waals surface area contributed by atoms with Gasteiger partial charge in [0, 0.05) is 17.5 Å². The minimum absolute atomic E-state index is 0.130. The van der Waals surface area contributed by atoms with E-state index in [2.05, 4.69) is 4.98 Å². The quantitative estimate of drug-likeness (QED) is 0.792. The molecule has 1 aromatic heterocycles. The van der Waals surface area contributed by atoms with Gasteiger partial charge in [0.1, 0.15) is 0 Å². The lowest BCUT2D eigenvalue weighted by molar-refractivity contribution is -0.137. The number of alkyl halides is 3. The molecular formula is C12H17F3N2OS. The fraction of sp³-hybridized carbons (Fsp3) is 0.583. The highest BCUT2D eigenvalue weighted by Crippen LogP contribution is 2.30. The number of aliphatic hydroxyl groups excluding tert-OH is 1. The van der Waals surface area contributed by atoms with Gasteiger partial charge in [0.25, 0.3) is 0 Å². The molecule has 0 aliphatic rings. The number of pyridine rings is 1. The van der Waals surface area contributed by atoms with Crippen molar-refractivity contribution in [3.63, 3.8) is 0 Å². The molecule has 0 aliphatic heterocycles. The van der Waals surface area contributed by atoms with Crippen LogP contribution in [0.4, 0.5) is 13.2 Å². The number of aliphatic hydroxyl groups is 1. The molecule has 7 heteroatoms. The molecular weight excluding hydrogens is 277 g/mol. The lowest BCUT2D eigenvalue weighted by Gasteiger charge is -2.20. The Morgan fingerprint density at radius 2 is 2.11 bits per heavy atom. The summed E-state index contributed by atoms with van der Waals surface area (Å²) < 4.78 is 37.1. The van der Waals surface area contributed by atoms with Crippen molar-refractivity contribution in [1.82, 2.24) is 4.98 Å². The van der Waals surface area contributed by atoms with Crippen molar-refractivity contribution in [3.8, 4) is 0 Å². The first kappa shape index (κ1) is 16.3. The van der Waals surface area contributed by atoms with Crippen LogP contribution in [0.1, 0.15) is 25.3 Å². The Morgan fingerprint density at radius 1 is 1.42 bits per heavy atom. The molecule has 2 unspecified atom stereocenters. The lowest BCUT2D eigenvalue weighted by atomic mass is 10.1. The molecule has 0 amide bonds. The minimum atomic E-state index is -4.38. The highest BCUT2D eigenvalue weighted by Gasteiger charge is 2.30. The first-order chi connectivity index (χ1) is 8.88. The monoisotopic (exact) mass is 294 g/mol. The van der Waals surface area contributed by atoms with E-state index in [1.807, 2.05) is 6.92 Å². The first-order valence-electron chi connectivity index (χ1n) is 5.94. The van der Waals surface area contributed by atoms with Crippen LogP contribution >= 0.6 is 11.8 Å². The third kappa shape index (κ3) is 5.00. The predicted molar refractivity (Wildman–Crippen MR) is 68.9 cm³/mol. The Kier molecular flexibility index (Phi) is 6.09. The fourth-order valence-corrected chi connectivity index (χ4v) is 2.51. The summed E-state index contributed by atoms with van der Waals surface area (Å²) in [4.78, 5) is 3.75. The number of rotatable bonds is 6. The van der Waals surface area contributed by atoms with Gasteiger partial charge in [-0.2, -0.15) is 13.2 Å². The van der Waals surface area contributed by atoms with E-state index in [1.165, 1.54) is 17.8 Å². The van der Waals surface area contributed by atoms with Crippen molar-refractivity contribution in [3.05, 3.63) is 23.9 Å².